The highest BCUT2D eigenvalue weighted by molar-refractivity contribution is 6.04. The first-order valence-electron chi connectivity index (χ1n) is 10.1. The molecular weight excluding hydrogens is 413 g/mol. The molecule has 2 saturated heterocycles. The van der Waals surface area contributed by atoms with Crippen molar-refractivity contribution < 1.29 is 22.7 Å². The largest absolute Gasteiger partial charge is 0.416 e. The number of urea groups is 1. The number of amides is 2. The Balaban J connectivity index is 1.45. The summed E-state index contributed by atoms with van der Waals surface area (Å²) in [7, 11) is 0. The number of ether oxygens (including phenoxy) is 1. The Morgan fingerprint density at radius 1 is 1.13 bits per heavy atom. The van der Waals surface area contributed by atoms with E-state index in [0.717, 1.165) is 18.7 Å². The molecule has 31 heavy (non-hydrogen) atoms. The van der Waals surface area contributed by atoms with E-state index in [2.05, 4.69) is 20.2 Å². The summed E-state index contributed by atoms with van der Waals surface area (Å²) in [6.45, 7) is 1.41. The molecule has 2 amide bonds. The van der Waals surface area contributed by atoms with Crippen LogP contribution in [0.15, 0.2) is 36.5 Å². The number of fused-ring (bicyclic) bond motifs is 4. The Hall–Kier alpha value is -3.08. The highest BCUT2D eigenvalue weighted by Crippen LogP contribution is 2.40. The minimum atomic E-state index is -4.44. The number of pyridine rings is 2. The minimum Gasteiger partial charge on any atom is -0.366 e. The van der Waals surface area contributed by atoms with Crippen LogP contribution < -0.4 is 20.0 Å². The van der Waals surface area contributed by atoms with Crippen LogP contribution in [0.25, 0.3) is 0 Å². The van der Waals surface area contributed by atoms with Crippen LogP contribution in [0, 0.1) is 0 Å². The number of aromatic nitrogens is 2. The fraction of sp³-hybridized carbons (Fsp3) is 0.450. The number of alkyl halides is 3. The molecule has 11 heteroatoms. The van der Waals surface area contributed by atoms with Crippen molar-refractivity contribution in [2.75, 3.05) is 52.8 Å². The van der Waals surface area contributed by atoms with E-state index in [0.29, 0.717) is 30.5 Å². The SMILES string of the molecule is O=C(Nc1ccccn1)N1c2nc(N3CCOC(C(F)(F)F)C3)ccc2N2CC[C@H]1C2. The number of carbonyl (C=O) groups excluding carboxylic acids is 1. The van der Waals surface area contributed by atoms with Crippen molar-refractivity contribution in [1.82, 2.24) is 9.97 Å². The summed E-state index contributed by atoms with van der Waals surface area (Å²) in [6.07, 6.45) is -3.92. The quantitative estimate of drug-likeness (QED) is 0.784. The number of hydrogen-bond donors (Lipinski definition) is 1. The average Bonchev–Trinajstić information content (AvgIpc) is 3.18. The van der Waals surface area contributed by atoms with Gasteiger partial charge in [0.2, 0.25) is 0 Å². The number of rotatable bonds is 2. The first-order chi connectivity index (χ1) is 14.9. The van der Waals surface area contributed by atoms with Crippen molar-refractivity contribution in [3.63, 3.8) is 0 Å². The first kappa shape index (κ1) is 19.9. The van der Waals surface area contributed by atoms with Gasteiger partial charge in [-0.25, -0.2) is 14.8 Å². The van der Waals surface area contributed by atoms with Gasteiger partial charge in [0.15, 0.2) is 11.9 Å². The molecule has 8 nitrogen and oxygen atoms in total. The number of anilines is 4. The Morgan fingerprint density at radius 2 is 2.00 bits per heavy atom. The third kappa shape index (κ3) is 3.73. The summed E-state index contributed by atoms with van der Waals surface area (Å²) >= 11 is 0. The van der Waals surface area contributed by atoms with Crippen molar-refractivity contribution in [1.29, 1.82) is 0 Å². The number of nitrogens with zero attached hydrogens (tertiary/aromatic N) is 5. The minimum absolute atomic E-state index is 0.0401. The second-order valence-corrected chi connectivity index (χ2v) is 7.76. The second-order valence-electron chi connectivity index (χ2n) is 7.76. The van der Waals surface area contributed by atoms with Crippen molar-refractivity contribution in [3.8, 4) is 0 Å². The highest BCUT2D eigenvalue weighted by atomic mass is 19.4. The lowest BCUT2D eigenvalue weighted by molar-refractivity contribution is -0.221. The molecule has 2 bridgehead atoms. The third-order valence-corrected chi connectivity index (χ3v) is 5.81. The number of morpholine rings is 1. The number of carbonyl (C=O) groups is 1. The summed E-state index contributed by atoms with van der Waals surface area (Å²) < 4.78 is 44.3. The van der Waals surface area contributed by atoms with Crippen molar-refractivity contribution in [3.05, 3.63) is 36.5 Å². The lowest BCUT2D eigenvalue weighted by atomic mass is 10.2. The maximum Gasteiger partial charge on any atom is 0.416 e. The molecule has 3 aliphatic heterocycles. The van der Waals surface area contributed by atoms with Crippen LogP contribution in [0.3, 0.4) is 0 Å². The Bertz CT molecular complexity index is 973. The molecule has 2 fully saturated rings. The fourth-order valence-corrected chi connectivity index (χ4v) is 4.30. The van der Waals surface area contributed by atoms with Gasteiger partial charge in [-0.05, 0) is 30.7 Å². The Morgan fingerprint density at radius 3 is 2.77 bits per heavy atom. The smallest absolute Gasteiger partial charge is 0.366 e. The van der Waals surface area contributed by atoms with Crippen LogP contribution in [-0.2, 0) is 4.74 Å². The third-order valence-electron chi connectivity index (χ3n) is 5.81. The van der Waals surface area contributed by atoms with Crippen molar-refractivity contribution >= 4 is 29.2 Å². The normalized spacial score (nSPS) is 23.0. The van der Waals surface area contributed by atoms with Gasteiger partial charge in [0.05, 0.1) is 24.9 Å². The van der Waals surface area contributed by atoms with Crippen molar-refractivity contribution in [2.24, 2.45) is 0 Å². The van der Waals surface area contributed by atoms with E-state index in [-0.39, 0.29) is 25.2 Å². The van der Waals surface area contributed by atoms with Gasteiger partial charge in [-0.15, -0.1) is 0 Å². The van der Waals surface area contributed by atoms with Crippen LogP contribution in [0.1, 0.15) is 6.42 Å². The average molecular weight is 434 g/mol. The molecule has 0 spiro atoms. The molecule has 0 radical (unpaired) electrons. The molecule has 2 atom stereocenters. The van der Waals surface area contributed by atoms with E-state index in [9.17, 15) is 18.0 Å². The molecule has 0 saturated carbocycles. The molecule has 1 unspecified atom stereocenters. The zero-order chi connectivity index (χ0) is 21.6. The Labute approximate surface area is 176 Å². The molecule has 2 aromatic rings. The van der Waals surface area contributed by atoms with Gasteiger partial charge in [0.1, 0.15) is 11.6 Å². The Kier molecular flexibility index (Phi) is 4.84. The lowest BCUT2D eigenvalue weighted by Gasteiger charge is -2.38. The molecule has 0 aliphatic carbocycles. The molecule has 5 heterocycles. The number of halogens is 3. The second kappa shape index (κ2) is 7.56. The van der Waals surface area contributed by atoms with Gasteiger partial charge in [-0.3, -0.25) is 10.2 Å². The molecule has 1 N–H and O–H groups in total. The van der Waals surface area contributed by atoms with Gasteiger partial charge in [-0.1, -0.05) is 6.07 Å². The predicted octanol–water partition coefficient (Wildman–Crippen LogP) is 2.87. The van der Waals surface area contributed by atoms with E-state index in [4.69, 9.17) is 4.74 Å². The molecule has 0 aromatic carbocycles. The highest BCUT2D eigenvalue weighted by Gasteiger charge is 2.44. The van der Waals surface area contributed by atoms with Gasteiger partial charge < -0.3 is 14.5 Å². The standard InChI is InChI=1S/C20H21F3N6O2/c21-20(22,23)15-12-28(9-10-31-15)17-5-4-14-18(26-17)29(13-6-8-27(14)11-13)19(30)25-16-3-1-2-7-24-16/h1-5,7,13,15H,6,8-12H2,(H,24,25,30)/t13-,15?/m0/s1. The molecule has 2 aromatic heterocycles. The summed E-state index contributed by atoms with van der Waals surface area (Å²) in [5.41, 5.74) is 0.800. The van der Waals surface area contributed by atoms with Crippen molar-refractivity contribution in [2.45, 2.75) is 24.7 Å². The van der Waals surface area contributed by atoms with E-state index in [1.807, 2.05) is 6.07 Å². The van der Waals surface area contributed by atoms with Gasteiger partial charge in [0, 0.05) is 25.8 Å². The topological polar surface area (TPSA) is 73.8 Å². The summed E-state index contributed by atoms with van der Waals surface area (Å²) in [6, 6.07) is 8.35. The first-order valence-corrected chi connectivity index (χ1v) is 10.1. The fourth-order valence-electron chi connectivity index (χ4n) is 4.30. The molecule has 5 rings (SSSR count). The number of nitrogens with one attached hydrogen (secondary N) is 1. The van der Waals surface area contributed by atoms with E-state index >= 15 is 0 Å². The van der Waals surface area contributed by atoms with Crippen LogP contribution in [-0.4, -0.2) is 67.1 Å². The van der Waals surface area contributed by atoms with Crippen LogP contribution in [0.5, 0.6) is 0 Å². The van der Waals surface area contributed by atoms with Gasteiger partial charge in [0.25, 0.3) is 0 Å². The summed E-state index contributed by atoms with van der Waals surface area (Å²) in [4.78, 5) is 27.2. The number of hydrogen-bond acceptors (Lipinski definition) is 6. The maximum absolute atomic E-state index is 13.1. The molecule has 164 valence electrons. The van der Waals surface area contributed by atoms with Crippen LogP contribution >= 0.6 is 0 Å². The van der Waals surface area contributed by atoms with Crippen LogP contribution in [0.2, 0.25) is 0 Å². The molecule has 3 aliphatic rings. The van der Waals surface area contributed by atoms with Crippen LogP contribution in [0.4, 0.5) is 41.1 Å². The maximum atomic E-state index is 13.1. The molecular formula is C20H21F3N6O2. The zero-order valence-electron chi connectivity index (χ0n) is 16.5. The van der Waals surface area contributed by atoms with Gasteiger partial charge >= 0.3 is 12.2 Å². The monoisotopic (exact) mass is 434 g/mol. The predicted molar refractivity (Wildman–Crippen MR) is 109 cm³/mol. The lowest BCUT2D eigenvalue weighted by Crippen LogP contribution is -2.50. The summed E-state index contributed by atoms with van der Waals surface area (Å²) in [5, 5.41) is 2.80. The zero-order valence-corrected chi connectivity index (χ0v) is 16.5. The van der Waals surface area contributed by atoms with E-state index < -0.39 is 12.3 Å². The summed E-state index contributed by atoms with van der Waals surface area (Å²) in [5.74, 6) is 1.27. The van der Waals surface area contributed by atoms with E-state index in [1.165, 1.54) is 0 Å². The van der Waals surface area contributed by atoms with E-state index in [1.54, 1.807) is 40.3 Å². The van der Waals surface area contributed by atoms with Gasteiger partial charge in [-0.2, -0.15) is 13.2 Å².